The number of aliphatic imine (C=N–C) groups is 1. The van der Waals surface area contributed by atoms with Crippen molar-refractivity contribution >= 4 is 11.9 Å². The molecule has 2 aliphatic rings. The van der Waals surface area contributed by atoms with Gasteiger partial charge in [-0.2, -0.15) is 0 Å². The average Bonchev–Trinajstić information content (AvgIpc) is 3.44. The zero-order valence-corrected chi connectivity index (χ0v) is 18.1. The summed E-state index contributed by atoms with van der Waals surface area (Å²) in [5.41, 5.74) is 2.02. The highest BCUT2D eigenvalue weighted by Gasteiger charge is 2.40. The van der Waals surface area contributed by atoms with E-state index in [2.05, 4.69) is 22.8 Å². The largest absolute Gasteiger partial charge is 0.357 e. The third kappa shape index (κ3) is 5.63. The molecule has 0 radical (unpaired) electrons. The lowest BCUT2D eigenvalue weighted by Crippen LogP contribution is -2.39. The summed E-state index contributed by atoms with van der Waals surface area (Å²) in [6.07, 6.45) is 2.34. The first-order valence-electron chi connectivity index (χ1n) is 11.2. The van der Waals surface area contributed by atoms with Crippen LogP contribution in [0, 0.1) is 11.7 Å². The first-order chi connectivity index (χ1) is 15.1. The third-order valence-electron chi connectivity index (χ3n) is 6.08. The van der Waals surface area contributed by atoms with Crippen LogP contribution in [0.1, 0.15) is 36.8 Å². The second-order valence-corrected chi connectivity index (χ2v) is 8.48. The van der Waals surface area contributed by atoms with E-state index in [1.807, 2.05) is 42.2 Å². The molecule has 1 aliphatic carbocycles. The van der Waals surface area contributed by atoms with Gasteiger partial charge in [0.15, 0.2) is 5.96 Å². The predicted molar refractivity (Wildman–Crippen MR) is 121 cm³/mol. The van der Waals surface area contributed by atoms with Crippen LogP contribution in [-0.4, -0.2) is 49.0 Å². The lowest BCUT2D eigenvalue weighted by atomic mass is 10.1. The van der Waals surface area contributed by atoms with E-state index >= 15 is 0 Å². The molecule has 1 amide bonds. The number of hydrogen-bond acceptors (Lipinski definition) is 2. The Kier molecular flexibility index (Phi) is 6.85. The zero-order chi connectivity index (χ0) is 21.6. The van der Waals surface area contributed by atoms with Crippen LogP contribution >= 0.6 is 0 Å². The molecule has 2 N–H and O–H groups in total. The second-order valence-electron chi connectivity index (χ2n) is 8.48. The number of carbonyl (C=O) groups excluding carboxylic acids is 1. The Labute approximate surface area is 183 Å². The van der Waals surface area contributed by atoms with Crippen LogP contribution < -0.4 is 10.6 Å². The molecule has 164 valence electrons. The zero-order valence-electron chi connectivity index (χ0n) is 18.1. The van der Waals surface area contributed by atoms with Crippen molar-refractivity contribution in [1.82, 2.24) is 15.5 Å². The van der Waals surface area contributed by atoms with Crippen LogP contribution in [0.2, 0.25) is 0 Å². The van der Waals surface area contributed by atoms with Gasteiger partial charge in [0, 0.05) is 50.5 Å². The van der Waals surface area contributed by atoms with Crippen molar-refractivity contribution in [3.63, 3.8) is 0 Å². The lowest BCUT2D eigenvalue weighted by molar-refractivity contribution is -0.127. The van der Waals surface area contributed by atoms with Gasteiger partial charge in [0.2, 0.25) is 5.91 Å². The summed E-state index contributed by atoms with van der Waals surface area (Å²) < 4.78 is 14.0. The van der Waals surface area contributed by atoms with Crippen LogP contribution in [-0.2, 0) is 11.2 Å². The lowest BCUT2D eigenvalue weighted by Gasteiger charge is -2.16. The summed E-state index contributed by atoms with van der Waals surface area (Å²) in [4.78, 5) is 19.1. The second kappa shape index (κ2) is 9.94. The first kappa shape index (κ1) is 21.3. The van der Waals surface area contributed by atoms with Gasteiger partial charge in [0.25, 0.3) is 0 Å². The molecule has 6 heteroatoms. The van der Waals surface area contributed by atoms with Gasteiger partial charge in [0.1, 0.15) is 5.82 Å². The number of carbonyl (C=O) groups is 1. The molecule has 0 aromatic heterocycles. The number of nitrogens with one attached hydrogen (secondary N) is 2. The number of hydrogen-bond donors (Lipinski definition) is 2. The maximum absolute atomic E-state index is 14.0. The van der Waals surface area contributed by atoms with Gasteiger partial charge in [-0.05, 0) is 37.0 Å². The van der Waals surface area contributed by atoms with E-state index in [1.54, 1.807) is 6.07 Å². The highest BCUT2D eigenvalue weighted by atomic mass is 19.1. The molecule has 2 fully saturated rings. The number of rotatable bonds is 8. The van der Waals surface area contributed by atoms with Gasteiger partial charge < -0.3 is 15.5 Å². The number of amides is 1. The molecule has 2 aromatic rings. The van der Waals surface area contributed by atoms with Crippen LogP contribution in [0.3, 0.4) is 0 Å². The van der Waals surface area contributed by atoms with Gasteiger partial charge in [-0.25, -0.2) is 4.39 Å². The van der Waals surface area contributed by atoms with Gasteiger partial charge in [-0.15, -0.1) is 0 Å². The highest BCUT2D eigenvalue weighted by molar-refractivity contribution is 5.81. The molecule has 1 heterocycles. The number of likely N-dealkylation sites (tertiary alicyclic amines) is 1. The number of halogens is 1. The first-order valence-corrected chi connectivity index (χ1v) is 11.2. The Morgan fingerprint density at radius 2 is 1.94 bits per heavy atom. The van der Waals surface area contributed by atoms with E-state index < -0.39 is 0 Å². The smallest absolute Gasteiger partial charge is 0.223 e. The summed E-state index contributed by atoms with van der Waals surface area (Å²) in [6.45, 7) is 4.92. The fourth-order valence-corrected chi connectivity index (χ4v) is 4.29. The van der Waals surface area contributed by atoms with Crippen molar-refractivity contribution in [3.05, 3.63) is 71.5 Å². The Morgan fingerprint density at radius 1 is 1.16 bits per heavy atom. The quantitative estimate of drug-likeness (QED) is 0.507. The Hall–Kier alpha value is -2.89. The van der Waals surface area contributed by atoms with Crippen molar-refractivity contribution in [3.8, 4) is 0 Å². The van der Waals surface area contributed by atoms with E-state index in [1.165, 1.54) is 11.6 Å². The van der Waals surface area contributed by atoms with Crippen molar-refractivity contribution in [1.29, 1.82) is 0 Å². The summed E-state index contributed by atoms with van der Waals surface area (Å²) in [6, 6.07) is 17.5. The van der Waals surface area contributed by atoms with Crippen molar-refractivity contribution in [2.75, 3.05) is 26.2 Å². The molecule has 1 saturated heterocycles. The molecule has 0 bridgehead atoms. The molecule has 0 spiro atoms. The molecule has 2 aromatic carbocycles. The Balaban J connectivity index is 1.28. The van der Waals surface area contributed by atoms with Crippen LogP contribution in [0.4, 0.5) is 4.39 Å². The number of nitrogens with zero attached hydrogens (tertiary/aromatic N) is 2. The van der Waals surface area contributed by atoms with E-state index in [0.29, 0.717) is 13.0 Å². The topological polar surface area (TPSA) is 56.7 Å². The monoisotopic (exact) mass is 422 g/mol. The standard InChI is InChI=1S/C25H31FN4O/c1-2-27-25(29-23-15-21(23)20-10-6-7-11-22(20)26)28-16-19-14-24(31)30(17-19)13-12-18-8-4-3-5-9-18/h3-11,19,21,23H,2,12-17H2,1H3,(H2,27,28,29). The minimum absolute atomic E-state index is 0.140. The Morgan fingerprint density at radius 3 is 2.71 bits per heavy atom. The average molecular weight is 423 g/mol. The van der Waals surface area contributed by atoms with Gasteiger partial charge in [-0.1, -0.05) is 48.5 Å². The van der Waals surface area contributed by atoms with Gasteiger partial charge >= 0.3 is 0 Å². The molecule has 3 atom stereocenters. The minimum Gasteiger partial charge on any atom is -0.357 e. The molecule has 3 unspecified atom stereocenters. The van der Waals surface area contributed by atoms with Crippen LogP contribution in [0.15, 0.2) is 59.6 Å². The Bertz CT molecular complexity index is 917. The molecule has 1 aliphatic heterocycles. The number of benzene rings is 2. The molecular formula is C25H31FN4O. The summed E-state index contributed by atoms with van der Waals surface area (Å²) >= 11 is 0. The third-order valence-corrected chi connectivity index (χ3v) is 6.08. The summed E-state index contributed by atoms with van der Waals surface area (Å²) in [5, 5.41) is 6.71. The maximum Gasteiger partial charge on any atom is 0.223 e. The molecule has 1 saturated carbocycles. The van der Waals surface area contributed by atoms with E-state index in [0.717, 1.165) is 44.0 Å². The van der Waals surface area contributed by atoms with E-state index in [4.69, 9.17) is 4.99 Å². The van der Waals surface area contributed by atoms with Crippen molar-refractivity contribution in [2.45, 2.75) is 38.1 Å². The fourth-order valence-electron chi connectivity index (χ4n) is 4.29. The van der Waals surface area contributed by atoms with Gasteiger partial charge in [-0.3, -0.25) is 9.79 Å². The molecule has 31 heavy (non-hydrogen) atoms. The predicted octanol–water partition coefficient (Wildman–Crippen LogP) is 3.33. The summed E-state index contributed by atoms with van der Waals surface area (Å²) in [5.74, 6) is 1.25. The van der Waals surface area contributed by atoms with Crippen molar-refractivity contribution in [2.24, 2.45) is 10.9 Å². The van der Waals surface area contributed by atoms with E-state index in [9.17, 15) is 9.18 Å². The SMILES string of the molecule is CCNC(=NCC1CC(=O)N(CCc2ccccc2)C1)NC1CC1c1ccccc1F. The van der Waals surface area contributed by atoms with Crippen molar-refractivity contribution < 1.29 is 9.18 Å². The van der Waals surface area contributed by atoms with Crippen LogP contribution in [0.5, 0.6) is 0 Å². The molecule has 5 nitrogen and oxygen atoms in total. The summed E-state index contributed by atoms with van der Waals surface area (Å²) in [7, 11) is 0. The fraction of sp³-hybridized carbons (Fsp3) is 0.440. The van der Waals surface area contributed by atoms with Gasteiger partial charge in [0.05, 0.1) is 0 Å². The molecular weight excluding hydrogens is 391 g/mol. The molecule has 4 rings (SSSR count). The maximum atomic E-state index is 14.0. The normalized spacial score (nSPS) is 23.2. The number of guanidine groups is 1. The minimum atomic E-state index is -0.140. The highest BCUT2D eigenvalue weighted by Crippen LogP contribution is 2.41. The van der Waals surface area contributed by atoms with E-state index in [-0.39, 0.29) is 29.6 Å². The van der Waals surface area contributed by atoms with Crippen LogP contribution in [0.25, 0.3) is 0 Å².